The van der Waals surface area contributed by atoms with Gasteiger partial charge >= 0.3 is 0 Å². The molecule has 0 fully saturated rings. The summed E-state index contributed by atoms with van der Waals surface area (Å²) < 4.78 is 5.74. The van der Waals surface area contributed by atoms with Crippen molar-refractivity contribution in [3.8, 4) is 0 Å². The Morgan fingerprint density at radius 1 is 1.05 bits per heavy atom. The van der Waals surface area contributed by atoms with E-state index in [1.54, 1.807) is 7.05 Å². The van der Waals surface area contributed by atoms with Crippen molar-refractivity contribution in [1.82, 2.24) is 0 Å². The minimum absolute atomic E-state index is 0.0762. The van der Waals surface area contributed by atoms with E-state index >= 15 is 0 Å². The van der Waals surface area contributed by atoms with Crippen molar-refractivity contribution in [3.63, 3.8) is 0 Å². The number of benzene rings is 2. The first-order valence-electron chi connectivity index (χ1n) is 6.96. The molecule has 104 valence electrons. The smallest absolute Gasteiger partial charge is 0.108 e. The molecule has 0 amide bonds. The molecule has 3 rings (SSSR count). The van der Waals surface area contributed by atoms with Gasteiger partial charge in [-0.25, -0.2) is 0 Å². The molecule has 0 aliphatic carbocycles. The quantitative estimate of drug-likeness (QED) is 0.588. The van der Waals surface area contributed by atoms with E-state index in [2.05, 4.69) is 18.2 Å². The van der Waals surface area contributed by atoms with Crippen LogP contribution in [0.3, 0.4) is 0 Å². The Morgan fingerprint density at radius 2 is 1.75 bits per heavy atom. The number of quaternary nitrogens is 1. The Hall–Kier alpha value is -1.68. The lowest BCUT2D eigenvalue weighted by atomic mass is 9.95. The zero-order valence-corrected chi connectivity index (χ0v) is 11.7. The molecule has 0 bridgehead atoms. The second-order valence-corrected chi connectivity index (χ2v) is 5.54. The molecule has 20 heavy (non-hydrogen) atoms. The minimum atomic E-state index is -0.279. The van der Waals surface area contributed by atoms with E-state index < -0.39 is 0 Å². The van der Waals surface area contributed by atoms with Gasteiger partial charge in [0.25, 0.3) is 0 Å². The molecule has 0 unspecified atom stereocenters. The summed E-state index contributed by atoms with van der Waals surface area (Å²) in [5, 5.41) is 12.4. The number of hydroxylamine groups is 3. The predicted molar refractivity (Wildman–Crippen MR) is 78.8 cm³/mol. The summed E-state index contributed by atoms with van der Waals surface area (Å²) in [6.45, 7) is 1.47. The van der Waals surface area contributed by atoms with Crippen LogP contribution in [0.15, 0.2) is 54.6 Å². The number of likely N-dealkylation sites (N-methyl/N-ethyl adjacent to an activating group) is 1. The van der Waals surface area contributed by atoms with Crippen LogP contribution in [0.5, 0.6) is 0 Å². The van der Waals surface area contributed by atoms with Gasteiger partial charge in [-0.1, -0.05) is 54.6 Å². The maximum atomic E-state index is 12.4. The Balaban J connectivity index is 2.05. The van der Waals surface area contributed by atoms with Crippen LogP contribution >= 0.6 is 0 Å². The molecule has 2 atom stereocenters. The molecule has 3 heteroatoms. The molecule has 0 spiro atoms. The van der Waals surface area contributed by atoms with Gasteiger partial charge in [0.15, 0.2) is 0 Å². The summed E-state index contributed by atoms with van der Waals surface area (Å²) in [5.41, 5.74) is 3.33. The molecule has 0 saturated heterocycles. The van der Waals surface area contributed by atoms with Gasteiger partial charge in [-0.3, -0.25) is 0 Å². The number of ether oxygens (including phenoxy) is 1. The number of rotatable bonds is 1. The van der Waals surface area contributed by atoms with E-state index in [1.165, 1.54) is 0 Å². The third-order valence-corrected chi connectivity index (χ3v) is 3.79. The van der Waals surface area contributed by atoms with Gasteiger partial charge in [0.1, 0.15) is 19.2 Å². The van der Waals surface area contributed by atoms with Crippen LogP contribution in [-0.2, 0) is 11.3 Å². The van der Waals surface area contributed by atoms with Crippen molar-refractivity contribution >= 4 is 0 Å². The maximum absolute atomic E-state index is 12.4. The topological polar surface area (TPSA) is 32.3 Å². The van der Waals surface area contributed by atoms with Crippen molar-refractivity contribution in [1.29, 1.82) is 0 Å². The Bertz CT molecular complexity index is 581. The number of fused-ring (bicyclic) bond motifs is 1. The Labute approximate surface area is 119 Å². The van der Waals surface area contributed by atoms with E-state index in [0.29, 0.717) is 19.7 Å². The van der Waals surface area contributed by atoms with Gasteiger partial charge in [-0.2, -0.15) is 0 Å². The molecule has 1 heterocycles. The fourth-order valence-electron chi connectivity index (χ4n) is 2.73. The molecule has 1 aliphatic heterocycles. The first kappa shape index (κ1) is 13.3. The monoisotopic (exact) mass is 269 g/mol. The fraction of sp³-hybridized carbons (Fsp3) is 0.294. The highest BCUT2D eigenvalue weighted by Crippen LogP contribution is 2.31. The summed E-state index contributed by atoms with van der Waals surface area (Å²) in [6.07, 6.45) is -0.0762. The Kier molecular flexibility index (Phi) is 3.57. The molecule has 0 aromatic heterocycles. The lowest BCUT2D eigenvalue weighted by molar-refractivity contribution is -0.875. The van der Waals surface area contributed by atoms with Gasteiger partial charge in [-0.05, 0) is 11.1 Å². The average Bonchev–Trinajstić information content (AvgIpc) is 2.43. The maximum Gasteiger partial charge on any atom is 0.108 e. The summed E-state index contributed by atoms with van der Waals surface area (Å²) in [6, 6.07) is 18.3. The SMILES string of the molecule is C[N@+]1([O-])CCO[C@H](c2ccccc2)c2ccccc2C1. The van der Waals surface area contributed by atoms with E-state index in [1.807, 2.05) is 36.4 Å². The van der Waals surface area contributed by atoms with E-state index in [-0.39, 0.29) is 10.8 Å². The summed E-state index contributed by atoms with van der Waals surface area (Å²) in [5.74, 6) is 0. The summed E-state index contributed by atoms with van der Waals surface area (Å²) in [4.78, 5) is 0. The van der Waals surface area contributed by atoms with Crippen molar-refractivity contribution < 1.29 is 9.38 Å². The van der Waals surface area contributed by atoms with Crippen LogP contribution in [0, 0.1) is 5.21 Å². The molecule has 2 aromatic carbocycles. The molecule has 0 radical (unpaired) electrons. The number of hydrogen-bond acceptors (Lipinski definition) is 2. The molecule has 2 aromatic rings. The van der Waals surface area contributed by atoms with Gasteiger partial charge in [0, 0.05) is 5.56 Å². The second kappa shape index (κ2) is 5.37. The number of nitrogens with zero attached hydrogens (tertiary/aromatic N) is 1. The van der Waals surface area contributed by atoms with Crippen LogP contribution in [-0.4, -0.2) is 24.8 Å². The predicted octanol–water partition coefficient (Wildman–Crippen LogP) is 3.25. The van der Waals surface area contributed by atoms with Gasteiger partial charge in [0.05, 0.1) is 13.7 Å². The third kappa shape index (κ3) is 2.75. The summed E-state index contributed by atoms with van der Waals surface area (Å²) in [7, 11) is 1.71. The third-order valence-electron chi connectivity index (χ3n) is 3.79. The molecule has 0 saturated carbocycles. The van der Waals surface area contributed by atoms with Crippen molar-refractivity contribution in [2.75, 3.05) is 20.2 Å². The van der Waals surface area contributed by atoms with Gasteiger partial charge in [0.2, 0.25) is 0 Å². The van der Waals surface area contributed by atoms with Crippen LogP contribution < -0.4 is 0 Å². The number of hydrogen-bond donors (Lipinski definition) is 0. The van der Waals surface area contributed by atoms with Crippen LogP contribution in [0.2, 0.25) is 0 Å². The zero-order valence-electron chi connectivity index (χ0n) is 11.7. The van der Waals surface area contributed by atoms with Crippen molar-refractivity contribution in [3.05, 3.63) is 76.5 Å². The largest absolute Gasteiger partial charge is 0.633 e. The van der Waals surface area contributed by atoms with Gasteiger partial charge in [-0.15, -0.1) is 0 Å². The minimum Gasteiger partial charge on any atom is -0.633 e. The average molecular weight is 269 g/mol. The molecular formula is C17H19NO2. The molecule has 3 nitrogen and oxygen atoms in total. The van der Waals surface area contributed by atoms with Crippen LogP contribution in [0.4, 0.5) is 0 Å². The highest BCUT2D eigenvalue weighted by Gasteiger charge is 2.24. The first-order valence-corrected chi connectivity index (χ1v) is 6.96. The van der Waals surface area contributed by atoms with Crippen molar-refractivity contribution in [2.45, 2.75) is 12.6 Å². The van der Waals surface area contributed by atoms with E-state index in [4.69, 9.17) is 4.74 Å². The zero-order chi connectivity index (χ0) is 14.0. The first-order chi connectivity index (χ1) is 9.66. The fourth-order valence-corrected chi connectivity index (χ4v) is 2.73. The van der Waals surface area contributed by atoms with Crippen molar-refractivity contribution in [2.24, 2.45) is 0 Å². The lowest BCUT2D eigenvalue weighted by Gasteiger charge is -2.41. The van der Waals surface area contributed by atoms with E-state index in [0.717, 1.165) is 16.7 Å². The van der Waals surface area contributed by atoms with E-state index in [9.17, 15) is 5.21 Å². The molecular weight excluding hydrogens is 250 g/mol. The van der Waals surface area contributed by atoms with Gasteiger partial charge < -0.3 is 14.6 Å². The van der Waals surface area contributed by atoms with Crippen LogP contribution in [0.1, 0.15) is 22.8 Å². The second-order valence-electron chi connectivity index (χ2n) is 5.54. The summed E-state index contributed by atoms with van der Waals surface area (Å²) >= 11 is 0. The molecule has 1 aliphatic rings. The molecule has 0 N–H and O–H groups in total. The van der Waals surface area contributed by atoms with Crippen LogP contribution in [0.25, 0.3) is 0 Å². The Morgan fingerprint density at radius 3 is 2.55 bits per heavy atom. The highest BCUT2D eigenvalue weighted by atomic mass is 16.6. The normalized spacial score (nSPS) is 26.4. The highest BCUT2D eigenvalue weighted by molar-refractivity contribution is 5.36. The standard InChI is InChI=1S/C17H19NO2/c1-18(19)11-12-20-17(14-7-3-2-4-8-14)16-10-6-5-9-15(16)13-18/h2-10,17H,11-13H2,1H3/t17-,18+/m1/s1. The lowest BCUT2D eigenvalue weighted by Crippen LogP contribution is -2.41.